The van der Waals surface area contributed by atoms with Gasteiger partial charge in [-0.1, -0.05) is 18.2 Å². The van der Waals surface area contributed by atoms with Crippen molar-refractivity contribution < 1.29 is 19.4 Å². The number of H-pyrrole nitrogens is 1. The number of hydrogen-bond acceptors (Lipinski definition) is 8. The first-order valence-corrected chi connectivity index (χ1v) is 11.3. The minimum absolute atomic E-state index is 0.284. The number of methoxy groups -OCH3 is 1. The number of carbonyl (C=O) groups excluding carboxylic acids is 1. The molecule has 0 radical (unpaired) electrons. The number of fused-ring (bicyclic) bond motifs is 2. The maximum Gasteiger partial charge on any atom is 0.341 e. The van der Waals surface area contributed by atoms with Crippen molar-refractivity contribution >= 4 is 45.3 Å². The number of imidazole rings is 1. The van der Waals surface area contributed by atoms with Crippen LogP contribution in [0.3, 0.4) is 0 Å². The summed E-state index contributed by atoms with van der Waals surface area (Å²) in [5.74, 6) is -1.88. The molecule has 0 saturated carbocycles. The van der Waals surface area contributed by atoms with Crippen molar-refractivity contribution in [2.24, 2.45) is 0 Å². The number of cyclic esters (lactones) is 1. The van der Waals surface area contributed by atoms with Crippen LogP contribution in [0.25, 0.3) is 27.6 Å². The van der Waals surface area contributed by atoms with Gasteiger partial charge in [0.05, 0.1) is 41.8 Å². The van der Waals surface area contributed by atoms with Gasteiger partial charge in [-0.25, -0.2) is 9.78 Å². The van der Waals surface area contributed by atoms with E-state index in [1.54, 1.807) is 55.9 Å². The van der Waals surface area contributed by atoms with Crippen LogP contribution in [0, 0.1) is 0 Å². The SMILES string of the molecule is COc1ccc(C2=C(Cc3ccc4nc[nH]c4c3)C(O)(c3ccc4nsnc4c3)OC2=O)cc1. The summed E-state index contributed by atoms with van der Waals surface area (Å²) in [6.07, 6.45) is 1.91. The zero-order valence-electron chi connectivity index (χ0n) is 18.0. The van der Waals surface area contributed by atoms with Crippen molar-refractivity contribution in [2.45, 2.75) is 12.2 Å². The highest BCUT2D eigenvalue weighted by molar-refractivity contribution is 7.00. The van der Waals surface area contributed by atoms with Crippen molar-refractivity contribution in [3.63, 3.8) is 0 Å². The molecule has 34 heavy (non-hydrogen) atoms. The molecular weight excluding hydrogens is 452 g/mol. The van der Waals surface area contributed by atoms with Gasteiger partial charge in [0, 0.05) is 17.6 Å². The number of carbonyl (C=O) groups is 1. The van der Waals surface area contributed by atoms with Crippen LogP contribution in [0.5, 0.6) is 5.75 Å². The Morgan fingerprint density at radius 2 is 1.82 bits per heavy atom. The molecule has 1 atom stereocenters. The Morgan fingerprint density at radius 1 is 1.03 bits per heavy atom. The fourth-order valence-electron chi connectivity index (χ4n) is 4.32. The van der Waals surface area contributed by atoms with Gasteiger partial charge >= 0.3 is 5.97 Å². The van der Waals surface area contributed by atoms with Gasteiger partial charge in [0.15, 0.2) is 0 Å². The molecule has 5 aromatic rings. The molecule has 1 aliphatic heterocycles. The van der Waals surface area contributed by atoms with E-state index in [0.29, 0.717) is 39.1 Å². The highest BCUT2D eigenvalue weighted by atomic mass is 32.1. The van der Waals surface area contributed by atoms with E-state index >= 15 is 0 Å². The first-order valence-electron chi connectivity index (χ1n) is 10.5. The highest BCUT2D eigenvalue weighted by Gasteiger charge is 2.48. The van der Waals surface area contributed by atoms with Crippen molar-refractivity contribution in [3.8, 4) is 5.75 Å². The molecule has 6 rings (SSSR count). The summed E-state index contributed by atoms with van der Waals surface area (Å²) < 4.78 is 19.4. The largest absolute Gasteiger partial charge is 0.497 e. The Labute approximate surface area is 197 Å². The van der Waals surface area contributed by atoms with Crippen molar-refractivity contribution in [1.82, 2.24) is 18.7 Å². The van der Waals surface area contributed by atoms with Gasteiger partial charge in [0.2, 0.25) is 0 Å². The number of ether oxygens (including phenoxy) is 2. The molecule has 0 amide bonds. The molecule has 0 fully saturated rings. The normalized spacial score (nSPS) is 18.1. The van der Waals surface area contributed by atoms with Crippen LogP contribution < -0.4 is 4.74 Å². The maximum atomic E-state index is 13.2. The summed E-state index contributed by atoms with van der Waals surface area (Å²) in [5.41, 5.74) is 5.77. The lowest BCUT2D eigenvalue weighted by atomic mass is 9.88. The third kappa shape index (κ3) is 3.25. The zero-order chi connectivity index (χ0) is 23.3. The second kappa shape index (κ2) is 7.75. The quantitative estimate of drug-likeness (QED) is 0.374. The number of aromatic amines is 1. The molecule has 2 aromatic heterocycles. The van der Waals surface area contributed by atoms with Crippen LogP contribution >= 0.6 is 11.7 Å². The second-order valence-corrected chi connectivity index (χ2v) is 8.54. The maximum absolute atomic E-state index is 13.2. The number of aromatic nitrogens is 4. The van der Waals surface area contributed by atoms with Crippen LogP contribution in [0.1, 0.15) is 16.7 Å². The minimum atomic E-state index is -1.95. The Hall–Kier alpha value is -4.08. The fourth-order valence-corrected chi connectivity index (χ4v) is 4.84. The number of rotatable bonds is 5. The summed E-state index contributed by atoms with van der Waals surface area (Å²) in [4.78, 5) is 20.6. The van der Waals surface area contributed by atoms with Gasteiger partial charge in [0.25, 0.3) is 5.79 Å². The van der Waals surface area contributed by atoms with E-state index in [-0.39, 0.29) is 6.42 Å². The molecular formula is C25H18N4O4S. The van der Waals surface area contributed by atoms with Crippen molar-refractivity contribution in [3.05, 3.63) is 89.3 Å². The Kier molecular flexibility index (Phi) is 4.68. The number of benzene rings is 3. The number of hydrogen-bond donors (Lipinski definition) is 2. The lowest BCUT2D eigenvalue weighted by molar-refractivity contribution is -0.185. The molecule has 0 spiro atoms. The molecule has 3 aromatic carbocycles. The molecule has 8 nitrogen and oxygen atoms in total. The predicted molar refractivity (Wildman–Crippen MR) is 127 cm³/mol. The number of nitrogens with one attached hydrogen (secondary N) is 1. The number of esters is 1. The third-order valence-corrected chi connectivity index (χ3v) is 6.60. The molecule has 168 valence electrons. The topological polar surface area (TPSA) is 110 Å². The van der Waals surface area contributed by atoms with Crippen LogP contribution in [0.15, 0.2) is 72.6 Å². The molecule has 0 aliphatic carbocycles. The molecule has 1 unspecified atom stereocenters. The smallest absolute Gasteiger partial charge is 0.341 e. The summed E-state index contributed by atoms with van der Waals surface area (Å²) in [6.45, 7) is 0. The van der Waals surface area contributed by atoms with Gasteiger partial charge in [-0.3, -0.25) is 0 Å². The average Bonchev–Trinajstić information content (AvgIpc) is 3.57. The van der Waals surface area contributed by atoms with Crippen LogP contribution in [-0.2, 0) is 21.7 Å². The summed E-state index contributed by atoms with van der Waals surface area (Å²) >= 11 is 1.09. The Balaban J connectivity index is 1.53. The van der Waals surface area contributed by atoms with Gasteiger partial charge in [-0.15, -0.1) is 0 Å². The van der Waals surface area contributed by atoms with Crippen LogP contribution in [-0.4, -0.2) is 36.9 Å². The Bertz CT molecular complexity index is 1590. The third-order valence-electron chi connectivity index (χ3n) is 6.04. The van der Waals surface area contributed by atoms with Crippen LogP contribution in [0.2, 0.25) is 0 Å². The molecule has 2 N–H and O–H groups in total. The van der Waals surface area contributed by atoms with Crippen molar-refractivity contribution in [2.75, 3.05) is 7.11 Å². The first-order chi connectivity index (χ1) is 16.5. The summed E-state index contributed by atoms with van der Waals surface area (Å²) in [5, 5.41) is 11.9. The van der Waals surface area contributed by atoms with E-state index in [9.17, 15) is 9.90 Å². The monoisotopic (exact) mass is 470 g/mol. The van der Waals surface area contributed by atoms with E-state index in [1.165, 1.54) is 0 Å². The predicted octanol–water partition coefficient (Wildman–Crippen LogP) is 3.97. The number of aliphatic hydroxyl groups is 1. The van der Waals surface area contributed by atoms with E-state index in [4.69, 9.17) is 9.47 Å². The van der Waals surface area contributed by atoms with E-state index in [2.05, 4.69) is 18.7 Å². The summed E-state index contributed by atoms with van der Waals surface area (Å²) in [7, 11) is 1.58. The van der Waals surface area contributed by atoms with Crippen LogP contribution in [0.4, 0.5) is 0 Å². The van der Waals surface area contributed by atoms with Gasteiger partial charge < -0.3 is 19.6 Å². The van der Waals surface area contributed by atoms with E-state index in [1.807, 2.05) is 18.2 Å². The Morgan fingerprint density at radius 3 is 2.65 bits per heavy atom. The summed E-state index contributed by atoms with van der Waals surface area (Å²) in [6, 6.07) is 18.1. The molecule has 1 aliphatic rings. The second-order valence-electron chi connectivity index (χ2n) is 8.01. The van der Waals surface area contributed by atoms with Gasteiger partial charge in [-0.2, -0.15) is 8.75 Å². The molecule has 0 saturated heterocycles. The van der Waals surface area contributed by atoms with E-state index in [0.717, 1.165) is 28.3 Å². The first kappa shape index (κ1) is 20.5. The van der Waals surface area contributed by atoms with Gasteiger partial charge in [0.1, 0.15) is 16.8 Å². The van der Waals surface area contributed by atoms with E-state index < -0.39 is 11.8 Å². The molecule has 9 heteroatoms. The van der Waals surface area contributed by atoms with Gasteiger partial charge in [-0.05, 0) is 53.6 Å². The van der Waals surface area contributed by atoms with Crippen molar-refractivity contribution in [1.29, 1.82) is 0 Å². The zero-order valence-corrected chi connectivity index (χ0v) is 18.8. The average molecular weight is 471 g/mol. The minimum Gasteiger partial charge on any atom is -0.497 e. The lowest BCUT2D eigenvalue weighted by Gasteiger charge is -2.25. The lowest BCUT2D eigenvalue weighted by Crippen LogP contribution is -2.29. The number of nitrogens with zero attached hydrogens (tertiary/aromatic N) is 3. The fraction of sp³-hybridized carbons (Fsp3) is 0.120. The molecule has 3 heterocycles. The standard InChI is InChI=1S/C25H18N4O4S/c1-32-17-6-3-15(4-7-17)23-18(10-14-2-8-19-21(11-14)27-13-26-19)25(31,33-24(23)30)16-5-9-20-22(12-16)29-34-28-20/h2-9,11-13,31H,10H2,1H3,(H,26,27). The molecule has 0 bridgehead atoms. The highest BCUT2D eigenvalue weighted by Crippen LogP contribution is 2.45.